The lowest BCUT2D eigenvalue weighted by molar-refractivity contribution is -0.126. The minimum atomic E-state index is -3.53. The molecule has 35 heavy (non-hydrogen) atoms. The standard InChI is InChI=1S/C27H38N4O3S/c1-21-7-8-26(17-22(21)2)35(33,34)31-11-9-25(10-12-31)27(32)28-19-23-5-4-6-24(18-23)20-30-15-13-29(3)14-16-30/h4-8,17-18,25H,9-16,19-20H2,1-3H3,(H,28,32). The molecule has 0 spiro atoms. The highest BCUT2D eigenvalue weighted by Crippen LogP contribution is 2.25. The van der Waals surface area contributed by atoms with Gasteiger partial charge < -0.3 is 10.2 Å². The van der Waals surface area contributed by atoms with Gasteiger partial charge >= 0.3 is 0 Å². The minimum Gasteiger partial charge on any atom is -0.352 e. The molecule has 0 bridgehead atoms. The van der Waals surface area contributed by atoms with Gasteiger partial charge in [-0.1, -0.05) is 30.3 Å². The predicted molar refractivity (Wildman–Crippen MR) is 138 cm³/mol. The van der Waals surface area contributed by atoms with E-state index in [0.717, 1.165) is 49.4 Å². The number of carbonyl (C=O) groups is 1. The lowest BCUT2D eigenvalue weighted by Crippen LogP contribution is -2.43. The Balaban J connectivity index is 1.27. The van der Waals surface area contributed by atoms with E-state index in [9.17, 15) is 13.2 Å². The van der Waals surface area contributed by atoms with Gasteiger partial charge in [-0.2, -0.15) is 4.31 Å². The third kappa shape index (κ3) is 6.50. The van der Waals surface area contributed by atoms with Gasteiger partial charge in [0.1, 0.15) is 0 Å². The summed E-state index contributed by atoms with van der Waals surface area (Å²) in [4.78, 5) is 18.0. The highest BCUT2D eigenvalue weighted by Gasteiger charge is 2.32. The Morgan fingerprint density at radius 1 is 0.914 bits per heavy atom. The molecule has 0 aliphatic carbocycles. The van der Waals surface area contributed by atoms with Gasteiger partial charge in [-0.05, 0) is 68.1 Å². The molecule has 2 aromatic rings. The number of amides is 1. The van der Waals surface area contributed by atoms with Crippen LogP contribution in [0, 0.1) is 19.8 Å². The van der Waals surface area contributed by atoms with Crippen molar-refractivity contribution in [1.82, 2.24) is 19.4 Å². The summed E-state index contributed by atoms with van der Waals surface area (Å²) in [5.74, 6) is -0.146. The van der Waals surface area contributed by atoms with Crippen molar-refractivity contribution in [2.24, 2.45) is 5.92 Å². The van der Waals surface area contributed by atoms with Crippen molar-refractivity contribution < 1.29 is 13.2 Å². The number of hydrogen-bond donors (Lipinski definition) is 1. The van der Waals surface area contributed by atoms with Crippen molar-refractivity contribution in [2.45, 2.75) is 44.7 Å². The second-order valence-electron chi connectivity index (χ2n) is 10.0. The molecule has 0 radical (unpaired) electrons. The van der Waals surface area contributed by atoms with E-state index in [-0.39, 0.29) is 11.8 Å². The number of piperazine rings is 1. The molecule has 0 saturated carbocycles. The average Bonchev–Trinajstić information content (AvgIpc) is 2.86. The zero-order valence-electron chi connectivity index (χ0n) is 21.2. The van der Waals surface area contributed by atoms with Gasteiger partial charge in [0.2, 0.25) is 15.9 Å². The first-order valence-electron chi connectivity index (χ1n) is 12.6. The number of carbonyl (C=O) groups excluding carboxylic acids is 1. The van der Waals surface area contributed by atoms with Crippen LogP contribution in [0.5, 0.6) is 0 Å². The van der Waals surface area contributed by atoms with Crippen molar-refractivity contribution in [3.8, 4) is 0 Å². The summed E-state index contributed by atoms with van der Waals surface area (Å²) in [7, 11) is -1.37. The second kappa shape index (κ2) is 11.2. The molecule has 2 fully saturated rings. The van der Waals surface area contributed by atoms with Gasteiger partial charge in [0.25, 0.3) is 0 Å². The summed E-state index contributed by atoms with van der Waals surface area (Å²) in [6.07, 6.45) is 1.08. The zero-order valence-corrected chi connectivity index (χ0v) is 22.0. The number of hydrogen-bond acceptors (Lipinski definition) is 5. The Bertz CT molecular complexity index is 1130. The molecule has 2 aliphatic rings. The second-order valence-corrected chi connectivity index (χ2v) is 12.0. The smallest absolute Gasteiger partial charge is 0.243 e. The average molecular weight is 499 g/mol. The van der Waals surface area contributed by atoms with Crippen LogP contribution < -0.4 is 5.32 Å². The van der Waals surface area contributed by atoms with Crippen LogP contribution in [-0.2, 0) is 27.9 Å². The normalized spacial score (nSPS) is 19.1. The lowest BCUT2D eigenvalue weighted by Gasteiger charge is -2.32. The third-order valence-corrected chi connectivity index (χ3v) is 9.30. The number of piperidine rings is 1. The number of benzene rings is 2. The van der Waals surface area contributed by atoms with Crippen LogP contribution >= 0.6 is 0 Å². The monoisotopic (exact) mass is 498 g/mol. The molecule has 2 aromatic carbocycles. The molecule has 1 amide bonds. The van der Waals surface area contributed by atoms with E-state index < -0.39 is 10.0 Å². The Morgan fingerprint density at radius 3 is 2.29 bits per heavy atom. The molecule has 2 heterocycles. The number of nitrogens with one attached hydrogen (secondary N) is 1. The number of nitrogens with zero attached hydrogens (tertiary/aromatic N) is 3. The van der Waals surface area contributed by atoms with Gasteiger partial charge in [0, 0.05) is 58.3 Å². The summed E-state index contributed by atoms with van der Waals surface area (Å²) in [6.45, 7) is 10.4. The van der Waals surface area contributed by atoms with Gasteiger partial charge in [-0.15, -0.1) is 0 Å². The molecule has 190 valence electrons. The maximum atomic E-state index is 13.0. The van der Waals surface area contributed by atoms with Crippen molar-refractivity contribution in [2.75, 3.05) is 46.3 Å². The Morgan fingerprint density at radius 2 is 1.60 bits per heavy atom. The van der Waals surface area contributed by atoms with E-state index in [0.29, 0.717) is 37.4 Å². The molecule has 7 nitrogen and oxygen atoms in total. The molecule has 2 saturated heterocycles. The molecule has 0 atom stereocenters. The first-order chi connectivity index (χ1) is 16.7. The van der Waals surface area contributed by atoms with E-state index in [1.54, 1.807) is 12.1 Å². The first kappa shape index (κ1) is 25.8. The molecule has 0 unspecified atom stereocenters. The summed E-state index contributed by atoms with van der Waals surface area (Å²) < 4.78 is 27.6. The van der Waals surface area contributed by atoms with E-state index >= 15 is 0 Å². The fourth-order valence-electron chi connectivity index (χ4n) is 4.82. The molecular formula is C27H38N4O3S. The highest BCUT2D eigenvalue weighted by molar-refractivity contribution is 7.89. The van der Waals surface area contributed by atoms with E-state index in [1.165, 1.54) is 9.87 Å². The van der Waals surface area contributed by atoms with Crippen LogP contribution in [0.4, 0.5) is 0 Å². The molecule has 2 aliphatic heterocycles. The largest absolute Gasteiger partial charge is 0.352 e. The SMILES string of the molecule is Cc1ccc(S(=O)(=O)N2CCC(C(=O)NCc3cccc(CN4CCN(C)CC4)c3)CC2)cc1C. The van der Waals surface area contributed by atoms with Gasteiger partial charge in [-0.3, -0.25) is 9.69 Å². The number of likely N-dealkylation sites (N-methyl/N-ethyl adjacent to an activating group) is 1. The van der Waals surface area contributed by atoms with E-state index in [2.05, 4.69) is 40.4 Å². The number of rotatable bonds is 7. The summed E-state index contributed by atoms with van der Waals surface area (Å²) in [5.41, 5.74) is 4.41. The fraction of sp³-hybridized carbons (Fsp3) is 0.519. The number of aryl methyl sites for hydroxylation is 2. The van der Waals surface area contributed by atoms with Gasteiger partial charge in [0.05, 0.1) is 4.90 Å². The Kier molecular flexibility index (Phi) is 8.27. The lowest BCUT2D eigenvalue weighted by atomic mass is 9.97. The van der Waals surface area contributed by atoms with Gasteiger partial charge in [-0.25, -0.2) is 8.42 Å². The van der Waals surface area contributed by atoms with Crippen molar-refractivity contribution in [1.29, 1.82) is 0 Å². The topological polar surface area (TPSA) is 73.0 Å². The third-order valence-electron chi connectivity index (χ3n) is 7.40. The van der Waals surface area contributed by atoms with Crippen LogP contribution in [0.15, 0.2) is 47.4 Å². The molecule has 8 heteroatoms. The summed E-state index contributed by atoms with van der Waals surface area (Å²) in [6, 6.07) is 13.7. The fourth-order valence-corrected chi connectivity index (χ4v) is 6.37. The van der Waals surface area contributed by atoms with Crippen LogP contribution in [-0.4, -0.2) is 74.7 Å². The molecular weight excluding hydrogens is 460 g/mol. The van der Waals surface area contributed by atoms with Crippen molar-refractivity contribution >= 4 is 15.9 Å². The molecule has 0 aromatic heterocycles. The maximum Gasteiger partial charge on any atom is 0.243 e. The van der Waals surface area contributed by atoms with Crippen molar-refractivity contribution in [3.63, 3.8) is 0 Å². The molecule has 1 N–H and O–H groups in total. The molecule has 4 rings (SSSR count). The summed E-state index contributed by atoms with van der Waals surface area (Å²) in [5, 5.41) is 3.08. The minimum absolute atomic E-state index is 0.0118. The first-order valence-corrected chi connectivity index (χ1v) is 14.0. The Hall–Kier alpha value is -2.26. The van der Waals surface area contributed by atoms with E-state index in [4.69, 9.17) is 0 Å². The van der Waals surface area contributed by atoms with Gasteiger partial charge in [0.15, 0.2) is 0 Å². The quantitative estimate of drug-likeness (QED) is 0.636. The Labute approximate surface area is 210 Å². The maximum absolute atomic E-state index is 13.0. The zero-order chi connectivity index (χ0) is 25.0. The predicted octanol–water partition coefficient (Wildman–Crippen LogP) is 2.77. The van der Waals surface area contributed by atoms with Crippen molar-refractivity contribution in [3.05, 3.63) is 64.7 Å². The highest BCUT2D eigenvalue weighted by atomic mass is 32.2. The van der Waals surface area contributed by atoms with E-state index in [1.807, 2.05) is 26.0 Å². The van der Waals surface area contributed by atoms with Crippen LogP contribution in [0.2, 0.25) is 0 Å². The van der Waals surface area contributed by atoms with Crippen LogP contribution in [0.25, 0.3) is 0 Å². The summed E-state index contributed by atoms with van der Waals surface area (Å²) >= 11 is 0. The van der Waals surface area contributed by atoms with Crippen LogP contribution in [0.1, 0.15) is 35.1 Å². The van der Waals surface area contributed by atoms with Crippen LogP contribution in [0.3, 0.4) is 0 Å². The number of sulfonamides is 1.